The molecule has 0 amide bonds. The molecule has 2 aromatic rings. The number of fused-ring (bicyclic) bond motifs is 1. The van der Waals surface area contributed by atoms with Crippen molar-refractivity contribution in [1.82, 2.24) is 0 Å². The Hall–Kier alpha value is -1.36. The minimum absolute atomic E-state index is 0. The van der Waals surface area contributed by atoms with Gasteiger partial charge < -0.3 is 14.6 Å². The Labute approximate surface area is 126 Å². The van der Waals surface area contributed by atoms with E-state index in [1.807, 2.05) is 0 Å². The second-order valence-electron chi connectivity index (χ2n) is 3.49. The number of methoxy groups -OCH3 is 1. The van der Waals surface area contributed by atoms with Crippen molar-refractivity contribution in [3.63, 3.8) is 0 Å². The van der Waals surface area contributed by atoms with Crippen molar-refractivity contribution in [3.8, 4) is 0 Å². The topological polar surface area (TPSA) is 66.4 Å². The maximum atomic E-state index is 11.6. The van der Waals surface area contributed by atoms with E-state index in [9.17, 15) is 14.7 Å². The van der Waals surface area contributed by atoms with Crippen molar-refractivity contribution in [1.29, 1.82) is 0 Å². The van der Waals surface area contributed by atoms with E-state index in [0.29, 0.717) is 10.8 Å². The molecule has 2 aromatic carbocycles. The van der Waals surface area contributed by atoms with Crippen LogP contribution in [0.25, 0.3) is 10.8 Å². The van der Waals surface area contributed by atoms with Crippen LogP contribution in [0.3, 0.4) is 0 Å². The standard InChI is InChI=1S/C13H10O4.Na/c1-17-13(16)10-7-3-5-8-4-2-6-9(11(8)10)12(14)15;/h2-7H,1H3,(H,14,15);/q;+1/p-1. The minimum Gasteiger partial charge on any atom is -0.545 e. The van der Waals surface area contributed by atoms with E-state index < -0.39 is 11.9 Å². The van der Waals surface area contributed by atoms with Gasteiger partial charge in [-0.15, -0.1) is 0 Å². The normalized spacial score (nSPS) is 9.61. The molecule has 0 bridgehead atoms. The van der Waals surface area contributed by atoms with Crippen LogP contribution in [0.2, 0.25) is 0 Å². The minimum atomic E-state index is -1.31. The molecule has 18 heavy (non-hydrogen) atoms. The molecule has 0 unspecified atom stereocenters. The van der Waals surface area contributed by atoms with Crippen LogP contribution in [0.15, 0.2) is 36.4 Å². The second kappa shape index (κ2) is 6.00. The zero-order valence-electron chi connectivity index (χ0n) is 10.1. The summed E-state index contributed by atoms with van der Waals surface area (Å²) in [5.74, 6) is -1.88. The first-order chi connectivity index (χ1) is 8.15. The average molecular weight is 252 g/mol. The van der Waals surface area contributed by atoms with Gasteiger partial charge in [-0.2, -0.15) is 0 Å². The Morgan fingerprint density at radius 1 is 1.06 bits per heavy atom. The molecular weight excluding hydrogens is 243 g/mol. The number of hydrogen-bond donors (Lipinski definition) is 0. The fourth-order valence-corrected chi connectivity index (χ4v) is 1.79. The summed E-state index contributed by atoms with van der Waals surface area (Å²) in [6.07, 6.45) is 0. The van der Waals surface area contributed by atoms with E-state index >= 15 is 0 Å². The molecule has 0 radical (unpaired) electrons. The molecule has 0 spiro atoms. The van der Waals surface area contributed by atoms with Crippen molar-refractivity contribution in [2.75, 3.05) is 7.11 Å². The van der Waals surface area contributed by atoms with Crippen LogP contribution in [-0.4, -0.2) is 19.0 Å². The van der Waals surface area contributed by atoms with Gasteiger partial charge >= 0.3 is 35.5 Å². The van der Waals surface area contributed by atoms with E-state index in [0.717, 1.165) is 0 Å². The molecule has 0 aromatic heterocycles. The van der Waals surface area contributed by atoms with Crippen LogP contribution in [0.5, 0.6) is 0 Å². The first-order valence-corrected chi connectivity index (χ1v) is 4.96. The summed E-state index contributed by atoms with van der Waals surface area (Å²) in [5, 5.41) is 12.0. The largest absolute Gasteiger partial charge is 1.00 e. The predicted octanol–water partition coefficient (Wildman–Crippen LogP) is -2.01. The molecule has 0 aliphatic heterocycles. The summed E-state index contributed by atoms with van der Waals surface area (Å²) < 4.78 is 4.63. The molecule has 4 nitrogen and oxygen atoms in total. The van der Waals surface area contributed by atoms with E-state index in [4.69, 9.17) is 0 Å². The summed E-state index contributed by atoms with van der Waals surface area (Å²) in [7, 11) is 1.25. The summed E-state index contributed by atoms with van der Waals surface area (Å²) in [6.45, 7) is 0. The SMILES string of the molecule is COC(=O)c1cccc2cccc(C(=O)[O-])c12.[Na+]. The molecule has 0 saturated carbocycles. The first-order valence-electron chi connectivity index (χ1n) is 4.96. The second-order valence-corrected chi connectivity index (χ2v) is 3.49. The molecule has 0 fully saturated rings. The van der Waals surface area contributed by atoms with Gasteiger partial charge in [0.1, 0.15) is 0 Å². The monoisotopic (exact) mass is 252 g/mol. The first kappa shape index (κ1) is 14.7. The van der Waals surface area contributed by atoms with Crippen molar-refractivity contribution in [3.05, 3.63) is 47.5 Å². The number of carboxylic acids is 1. The average Bonchev–Trinajstić information content (AvgIpc) is 2.36. The van der Waals surface area contributed by atoms with Crippen LogP contribution in [0.1, 0.15) is 20.7 Å². The molecule has 0 atom stereocenters. The molecule has 0 aliphatic rings. The number of carbonyl (C=O) groups is 2. The number of benzene rings is 2. The van der Waals surface area contributed by atoms with Gasteiger partial charge in [0.15, 0.2) is 0 Å². The zero-order valence-corrected chi connectivity index (χ0v) is 12.1. The van der Waals surface area contributed by atoms with E-state index in [1.54, 1.807) is 24.3 Å². The fraction of sp³-hybridized carbons (Fsp3) is 0.0769. The van der Waals surface area contributed by atoms with Crippen molar-refractivity contribution < 1.29 is 49.0 Å². The molecular formula is C13H9NaO4. The molecule has 5 heteroatoms. The van der Waals surface area contributed by atoms with Gasteiger partial charge in [-0.05, 0) is 11.5 Å². The summed E-state index contributed by atoms with van der Waals surface area (Å²) in [6, 6.07) is 9.68. The van der Waals surface area contributed by atoms with Crippen LogP contribution in [-0.2, 0) is 4.74 Å². The molecule has 86 valence electrons. The third-order valence-electron chi connectivity index (χ3n) is 2.53. The van der Waals surface area contributed by atoms with Crippen LogP contribution < -0.4 is 34.7 Å². The summed E-state index contributed by atoms with van der Waals surface area (Å²) in [5.41, 5.74) is 0.216. The third kappa shape index (κ3) is 2.56. The number of esters is 1. The van der Waals surface area contributed by atoms with Crippen molar-refractivity contribution in [2.24, 2.45) is 0 Å². The van der Waals surface area contributed by atoms with Gasteiger partial charge in [0.25, 0.3) is 0 Å². The van der Waals surface area contributed by atoms with Gasteiger partial charge in [0.2, 0.25) is 0 Å². The number of ether oxygens (including phenoxy) is 1. The maximum Gasteiger partial charge on any atom is 1.00 e. The third-order valence-corrected chi connectivity index (χ3v) is 2.53. The number of rotatable bonds is 2. The number of hydrogen-bond acceptors (Lipinski definition) is 4. The fourth-order valence-electron chi connectivity index (χ4n) is 1.79. The Kier molecular flexibility index (Phi) is 4.90. The Morgan fingerprint density at radius 3 is 2.11 bits per heavy atom. The molecule has 0 heterocycles. The number of aromatic carboxylic acids is 1. The van der Waals surface area contributed by atoms with E-state index in [-0.39, 0.29) is 40.7 Å². The van der Waals surface area contributed by atoms with Gasteiger partial charge in [-0.25, -0.2) is 4.79 Å². The Morgan fingerprint density at radius 2 is 1.61 bits per heavy atom. The quantitative estimate of drug-likeness (QED) is 0.458. The summed E-state index contributed by atoms with van der Waals surface area (Å²) in [4.78, 5) is 22.6. The van der Waals surface area contributed by atoms with Gasteiger partial charge in [-0.1, -0.05) is 30.3 Å². The van der Waals surface area contributed by atoms with Gasteiger partial charge in [-0.3, -0.25) is 0 Å². The van der Waals surface area contributed by atoms with Gasteiger partial charge in [0.05, 0.1) is 18.6 Å². The van der Waals surface area contributed by atoms with Crippen molar-refractivity contribution >= 4 is 22.7 Å². The zero-order chi connectivity index (χ0) is 12.4. The van der Waals surface area contributed by atoms with E-state index in [2.05, 4.69) is 4.74 Å². The smallest absolute Gasteiger partial charge is 0.545 e. The van der Waals surface area contributed by atoms with Crippen molar-refractivity contribution in [2.45, 2.75) is 0 Å². The summed E-state index contributed by atoms with van der Waals surface area (Å²) >= 11 is 0. The molecule has 0 N–H and O–H groups in total. The van der Waals surface area contributed by atoms with Gasteiger partial charge in [0, 0.05) is 10.9 Å². The molecule has 0 saturated heterocycles. The maximum absolute atomic E-state index is 11.6. The molecule has 2 rings (SSSR count). The van der Waals surface area contributed by atoms with E-state index in [1.165, 1.54) is 19.2 Å². The molecule has 0 aliphatic carbocycles. The number of carbonyl (C=O) groups excluding carboxylic acids is 2. The predicted molar refractivity (Wildman–Crippen MR) is 59.6 cm³/mol. The van der Waals surface area contributed by atoms with Crippen LogP contribution >= 0.6 is 0 Å². The number of carboxylic acid groups (broad SMARTS) is 1. The van der Waals surface area contributed by atoms with Crippen LogP contribution in [0, 0.1) is 0 Å². The Balaban J connectivity index is 0.00000162. The van der Waals surface area contributed by atoms with Crippen LogP contribution in [0.4, 0.5) is 0 Å². The Bertz CT molecular complexity index is 602.